The van der Waals surface area contributed by atoms with Crippen LogP contribution in [0, 0.1) is 5.92 Å². The Bertz CT molecular complexity index is 1020. The molecule has 6 nitrogen and oxygen atoms in total. The number of benzene rings is 2. The van der Waals surface area contributed by atoms with Gasteiger partial charge in [-0.3, -0.25) is 4.79 Å². The molecule has 0 bridgehead atoms. The summed E-state index contributed by atoms with van der Waals surface area (Å²) in [6.45, 7) is 4.44. The molecule has 1 aliphatic heterocycles. The van der Waals surface area contributed by atoms with Crippen molar-refractivity contribution in [2.45, 2.75) is 39.0 Å². The van der Waals surface area contributed by atoms with Crippen LogP contribution in [0.1, 0.15) is 37.3 Å². The van der Waals surface area contributed by atoms with Crippen LogP contribution in [0.2, 0.25) is 0 Å². The quantitative estimate of drug-likeness (QED) is 0.481. The fourth-order valence-corrected chi connectivity index (χ4v) is 4.14. The van der Waals surface area contributed by atoms with Gasteiger partial charge in [0.05, 0.1) is 0 Å². The maximum Gasteiger partial charge on any atom is 0.224 e. The Kier molecular flexibility index (Phi) is 7.90. The van der Waals surface area contributed by atoms with Gasteiger partial charge in [0.2, 0.25) is 11.8 Å². The van der Waals surface area contributed by atoms with E-state index in [4.69, 9.17) is 4.74 Å². The third-order valence-electron chi connectivity index (χ3n) is 6.16. The zero-order valence-corrected chi connectivity index (χ0v) is 19.2. The summed E-state index contributed by atoms with van der Waals surface area (Å²) < 4.78 is 5.91. The Morgan fingerprint density at radius 2 is 1.79 bits per heavy atom. The van der Waals surface area contributed by atoms with Crippen molar-refractivity contribution >= 4 is 11.7 Å². The lowest BCUT2D eigenvalue weighted by Crippen LogP contribution is -2.41. The van der Waals surface area contributed by atoms with Crippen LogP contribution in [-0.2, 0) is 17.6 Å². The lowest BCUT2D eigenvalue weighted by molar-refractivity contribution is -0.125. The Hall–Kier alpha value is -3.41. The summed E-state index contributed by atoms with van der Waals surface area (Å²) in [7, 11) is 0. The van der Waals surface area contributed by atoms with Crippen LogP contribution in [0.15, 0.2) is 67.0 Å². The van der Waals surface area contributed by atoms with Crippen molar-refractivity contribution in [3.8, 4) is 11.6 Å². The van der Waals surface area contributed by atoms with Crippen molar-refractivity contribution in [1.82, 2.24) is 15.3 Å². The molecule has 1 N–H and O–H groups in total. The van der Waals surface area contributed by atoms with E-state index in [9.17, 15) is 4.79 Å². The zero-order chi connectivity index (χ0) is 22.9. The minimum atomic E-state index is 0.0626. The summed E-state index contributed by atoms with van der Waals surface area (Å²) in [4.78, 5) is 23.5. The number of carbonyl (C=O) groups is 1. The van der Waals surface area contributed by atoms with E-state index in [2.05, 4.69) is 63.5 Å². The molecule has 0 atom stereocenters. The van der Waals surface area contributed by atoms with Crippen molar-refractivity contribution in [2.75, 3.05) is 24.5 Å². The topological polar surface area (TPSA) is 67.3 Å². The van der Waals surface area contributed by atoms with Crippen molar-refractivity contribution in [2.24, 2.45) is 5.92 Å². The molecule has 1 aromatic heterocycles. The van der Waals surface area contributed by atoms with E-state index in [0.717, 1.165) is 63.3 Å². The predicted molar refractivity (Wildman–Crippen MR) is 131 cm³/mol. The second-order valence-corrected chi connectivity index (χ2v) is 8.46. The molecule has 1 aliphatic rings. The predicted octanol–water partition coefficient (Wildman–Crippen LogP) is 4.80. The van der Waals surface area contributed by atoms with Gasteiger partial charge in [0.25, 0.3) is 0 Å². The van der Waals surface area contributed by atoms with Crippen LogP contribution < -0.4 is 15.0 Å². The third-order valence-corrected chi connectivity index (χ3v) is 6.16. The number of amides is 1. The molecule has 0 saturated carbocycles. The van der Waals surface area contributed by atoms with Gasteiger partial charge in [-0.05, 0) is 55.4 Å². The first-order valence-electron chi connectivity index (χ1n) is 11.9. The average molecular weight is 445 g/mol. The molecule has 0 radical (unpaired) electrons. The molecule has 0 unspecified atom stereocenters. The van der Waals surface area contributed by atoms with Gasteiger partial charge in [-0.2, -0.15) is 0 Å². The summed E-state index contributed by atoms with van der Waals surface area (Å²) in [5.41, 5.74) is 2.58. The Morgan fingerprint density at radius 3 is 2.52 bits per heavy atom. The first-order valence-corrected chi connectivity index (χ1v) is 11.9. The first kappa shape index (κ1) is 22.8. The number of rotatable bonds is 9. The number of aryl methyl sites for hydroxylation is 2. The Balaban J connectivity index is 1.22. The number of nitrogens with zero attached hydrogens (tertiary/aromatic N) is 3. The van der Waals surface area contributed by atoms with Gasteiger partial charge in [0.1, 0.15) is 17.9 Å². The number of ether oxygens (including phenoxy) is 1. The third kappa shape index (κ3) is 6.54. The minimum absolute atomic E-state index is 0.0626. The van der Waals surface area contributed by atoms with E-state index in [-0.39, 0.29) is 11.8 Å². The van der Waals surface area contributed by atoms with Crippen molar-refractivity contribution in [3.63, 3.8) is 0 Å². The van der Waals surface area contributed by atoms with E-state index in [1.54, 1.807) is 0 Å². The van der Waals surface area contributed by atoms with E-state index >= 15 is 0 Å². The standard InChI is InChI=1S/C27H32N4O2/c1-2-21-10-12-24(13-11-21)33-26-19-25(29-20-30-26)31-17-14-23(15-18-31)27(32)28-16-6-9-22-7-4-3-5-8-22/h3-5,7-8,10-13,19-20,23H,2,6,9,14-18H2,1H3,(H,28,32). The lowest BCUT2D eigenvalue weighted by Gasteiger charge is -2.32. The molecule has 0 aliphatic carbocycles. The lowest BCUT2D eigenvalue weighted by atomic mass is 9.96. The summed E-state index contributed by atoms with van der Waals surface area (Å²) in [6.07, 6.45) is 6.13. The molecule has 33 heavy (non-hydrogen) atoms. The summed E-state index contributed by atoms with van der Waals surface area (Å²) in [6, 6.07) is 20.3. The van der Waals surface area contributed by atoms with Crippen LogP contribution in [0.4, 0.5) is 5.82 Å². The number of nitrogens with one attached hydrogen (secondary N) is 1. The Labute approximate surface area is 196 Å². The van der Waals surface area contributed by atoms with Gasteiger partial charge >= 0.3 is 0 Å². The monoisotopic (exact) mass is 444 g/mol. The van der Waals surface area contributed by atoms with Crippen LogP contribution in [0.5, 0.6) is 11.6 Å². The summed E-state index contributed by atoms with van der Waals surface area (Å²) in [5.74, 6) is 2.37. The van der Waals surface area contributed by atoms with Crippen molar-refractivity contribution in [3.05, 3.63) is 78.1 Å². The number of hydrogen-bond acceptors (Lipinski definition) is 5. The number of piperidine rings is 1. The van der Waals surface area contributed by atoms with Crippen molar-refractivity contribution < 1.29 is 9.53 Å². The zero-order valence-electron chi connectivity index (χ0n) is 19.2. The number of hydrogen-bond donors (Lipinski definition) is 1. The van der Waals surface area contributed by atoms with Gasteiger partial charge in [-0.15, -0.1) is 0 Å². The molecule has 3 aromatic rings. The maximum absolute atomic E-state index is 12.6. The largest absolute Gasteiger partial charge is 0.439 e. The first-order chi connectivity index (χ1) is 16.2. The Morgan fingerprint density at radius 1 is 1.03 bits per heavy atom. The van der Waals surface area contributed by atoms with Crippen LogP contribution in [0.25, 0.3) is 0 Å². The smallest absolute Gasteiger partial charge is 0.224 e. The van der Waals surface area contributed by atoms with E-state index in [1.165, 1.54) is 17.5 Å². The molecule has 6 heteroatoms. The van der Waals surface area contributed by atoms with Gasteiger partial charge in [-0.25, -0.2) is 9.97 Å². The molecule has 2 aromatic carbocycles. The molecule has 1 saturated heterocycles. The van der Waals surface area contributed by atoms with Crippen molar-refractivity contribution in [1.29, 1.82) is 0 Å². The minimum Gasteiger partial charge on any atom is -0.439 e. The van der Waals surface area contributed by atoms with Gasteiger partial charge in [0.15, 0.2) is 0 Å². The highest BCUT2D eigenvalue weighted by Gasteiger charge is 2.25. The highest BCUT2D eigenvalue weighted by molar-refractivity contribution is 5.78. The van der Waals surface area contributed by atoms with Crippen LogP contribution in [0.3, 0.4) is 0 Å². The van der Waals surface area contributed by atoms with Gasteiger partial charge in [0, 0.05) is 31.6 Å². The van der Waals surface area contributed by atoms with Gasteiger partial charge in [-0.1, -0.05) is 49.4 Å². The molecule has 2 heterocycles. The normalized spacial score (nSPS) is 14.2. The van der Waals surface area contributed by atoms with E-state index in [1.807, 2.05) is 24.3 Å². The van der Waals surface area contributed by atoms with E-state index < -0.39 is 0 Å². The van der Waals surface area contributed by atoms with Crippen LogP contribution in [-0.4, -0.2) is 35.5 Å². The maximum atomic E-state index is 12.6. The molecular weight excluding hydrogens is 412 g/mol. The molecular formula is C27H32N4O2. The fourth-order valence-electron chi connectivity index (χ4n) is 4.14. The number of carbonyl (C=O) groups excluding carboxylic acids is 1. The number of anilines is 1. The highest BCUT2D eigenvalue weighted by atomic mass is 16.5. The summed E-state index contributed by atoms with van der Waals surface area (Å²) >= 11 is 0. The molecule has 0 spiro atoms. The fraction of sp³-hybridized carbons (Fsp3) is 0.370. The van der Waals surface area contributed by atoms with Gasteiger partial charge < -0.3 is 15.0 Å². The SMILES string of the molecule is CCc1ccc(Oc2cc(N3CCC(C(=O)NCCCc4ccccc4)CC3)ncn2)cc1. The molecule has 1 amide bonds. The second-order valence-electron chi connectivity index (χ2n) is 8.46. The molecule has 4 rings (SSSR count). The molecule has 1 fully saturated rings. The number of aromatic nitrogens is 2. The van der Waals surface area contributed by atoms with E-state index in [0.29, 0.717) is 5.88 Å². The summed E-state index contributed by atoms with van der Waals surface area (Å²) in [5, 5.41) is 3.12. The average Bonchev–Trinajstić information content (AvgIpc) is 2.88. The second kappa shape index (κ2) is 11.5. The molecule has 172 valence electrons. The highest BCUT2D eigenvalue weighted by Crippen LogP contribution is 2.26. The van der Waals surface area contributed by atoms with Crippen LogP contribution >= 0.6 is 0 Å².